The van der Waals surface area contributed by atoms with Gasteiger partial charge in [0.25, 0.3) is 0 Å². The zero-order valence-electron chi connectivity index (χ0n) is 10.7. The van der Waals surface area contributed by atoms with Crippen LogP contribution in [0.25, 0.3) is 0 Å². The standard InChI is InChI=1S/C14H12INO3S/c1-12-7-5-6-10-14(12)20(17,18)19-15(11-16)13-8-3-2-4-9-13/h2-10H,1H3. The van der Waals surface area contributed by atoms with Crippen molar-refractivity contribution in [3.63, 3.8) is 0 Å². The molecule has 20 heavy (non-hydrogen) atoms. The van der Waals surface area contributed by atoms with E-state index >= 15 is 0 Å². The normalized spacial score (nSPS) is 11.7. The van der Waals surface area contributed by atoms with Gasteiger partial charge in [-0.05, 0) is 0 Å². The van der Waals surface area contributed by atoms with E-state index in [1.54, 1.807) is 49.4 Å². The molecule has 2 aromatic carbocycles. The molecule has 0 aliphatic heterocycles. The SMILES string of the molecule is Cc1ccccc1S(=O)(=O)OI(C#N)c1ccccc1. The molecule has 0 aliphatic carbocycles. The van der Waals surface area contributed by atoms with Crippen molar-refractivity contribution in [2.75, 3.05) is 0 Å². The number of benzene rings is 2. The first-order chi connectivity index (χ1) is 9.54. The molecule has 0 aliphatic rings. The van der Waals surface area contributed by atoms with E-state index in [0.29, 0.717) is 9.13 Å². The van der Waals surface area contributed by atoms with E-state index in [1.807, 2.05) is 10.1 Å². The molecule has 0 N–H and O–H groups in total. The number of hydrogen-bond acceptors (Lipinski definition) is 4. The third-order valence-corrected chi connectivity index (χ3v) is 8.59. The molecule has 0 radical (unpaired) electrons. The summed E-state index contributed by atoms with van der Waals surface area (Å²) in [5.74, 6) is 0. The molecule has 0 amide bonds. The maximum absolute atomic E-state index is 12.3. The summed E-state index contributed by atoms with van der Waals surface area (Å²) < 4.78 is 32.4. The summed E-state index contributed by atoms with van der Waals surface area (Å²) in [6, 6.07) is 15.4. The summed E-state index contributed by atoms with van der Waals surface area (Å²) in [4.78, 5) is 0.119. The van der Waals surface area contributed by atoms with Crippen LogP contribution in [0.3, 0.4) is 0 Å². The van der Waals surface area contributed by atoms with Crippen LogP contribution in [0, 0.1) is 19.8 Å². The van der Waals surface area contributed by atoms with Crippen LogP contribution in [0.5, 0.6) is 0 Å². The average molecular weight is 401 g/mol. The zero-order valence-corrected chi connectivity index (χ0v) is 13.6. The summed E-state index contributed by atoms with van der Waals surface area (Å²) in [7, 11) is -3.90. The van der Waals surface area contributed by atoms with E-state index < -0.39 is 30.4 Å². The fourth-order valence-corrected chi connectivity index (χ4v) is 6.84. The van der Waals surface area contributed by atoms with Crippen LogP contribution < -0.4 is 0 Å². The van der Waals surface area contributed by atoms with Gasteiger partial charge in [0.1, 0.15) is 0 Å². The molecule has 0 atom stereocenters. The second-order valence-corrected chi connectivity index (χ2v) is 9.61. The molecule has 0 heterocycles. The number of halogens is 1. The van der Waals surface area contributed by atoms with Crippen molar-refractivity contribution in [3.05, 3.63) is 63.7 Å². The zero-order chi connectivity index (χ0) is 14.6. The molecule has 0 spiro atoms. The Bertz CT molecular complexity index is 739. The van der Waals surface area contributed by atoms with Gasteiger partial charge in [0.15, 0.2) is 0 Å². The predicted molar refractivity (Wildman–Crippen MR) is 84.2 cm³/mol. The number of aryl methyl sites for hydroxylation is 1. The maximum atomic E-state index is 12.3. The molecule has 4 nitrogen and oxygen atoms in total. The summed E-state index contributed by atoms with van der Waals surface area (Å²) in [6.07, 6.45) is 0. The van der Waals surface area contributed by atoms with Crippen LogP contribution in [0.1, 0.15) is 5.56 Å². The molecule has 2 aromatic rings. The van der Waals surface area contributed by atoms with Crippen LogP contribution in [-0.4, -0.2) is 8.42 Å². The average Bonchev–Trinajstić information content (AvgIpc) is 2.46. The Hall–Kier alpha value is -1.43. The predicted octanol–water partition coefficient (Wildman–Crippen LogP) is 3.47. The molecule has 104 valence electrons. The molecule has 0 saturated heterocycles. The minimum absolute atomic E-state index is 0.119. The molecule has 0 saturated carbocycles. The number of nitrogens with zero attached hydrogens (tertiary/aromatic N) is 1. The Morgan fingerprint density at radius 3 is 2.25 bits per heavy atom. The third kappa shape index (κ3) is 3.36. The Kier molecular flexibility index (Phi) is 4.75. The molecular formula is C14H12INO3S. The fourth-order valence-electron chi connectivity index (χ4n) is 1.58. The van der Waals surface area contributed by atoms with Gasteiger partial charge in [0, 0.05) is 0 Å². The molecule has 0 unspecified atom stereocenters. The van der Waals surface area contributed by atoms with Crippen LogP contribution in [0.15, 0.2) is 59.5 Å². The second-order valence-electron chi connectivity index (χ2n) is 3.91. The Morgan fingerprint density at radius 1 is 1.05 bits per heavy atom. The van der Waals surface area contributed by atoms with Gasteiger partial charge in [-0.15, -0.1) is 0 Å². The summed E-state index contributed by atoms with van der Waals surface area (Å²) in [5, 5.41) is 9.19. The summed E-state index contributed by atoms with van der Waals surface area (Å²) in [5.41, 5.74) is 0.606. The van der Waals surface area contributed by atoms with Crippen LogP contribution in [-0.2, 0) is 12.6 Å². The topological polar surface area (TPSA) is 67.2 Å². The van der Waals surface area contributed by atoms with E-state index in [2.05, 4.69) is 0 Å². The van der Waals surface area contributed by atoms with Crippen molar-refractivity contribution in [2.24, 2.45) is 0 Å². The van der Waals surface area contributed by atoms with Crippen molar-refractivity contribution >= 4 is 30.4 Å². The Balaban J connectivity index is 2.33. The molecular weight excluding hydrogens is 389 g/mol. The van der Waals surface area contributed by atoms with Crippen LogP contribution in [0.4, 0.5) is 0 Å². The van der Waals surface area contributed by atoms with Gasteiger partial charge in [-0.1, -0.05) is 0 Å². The van der Waals surface area contributed by atoms with E-state index in [1.165, 1.54) is 6.07 Å². The van der Waals surface area contributed by atoms with E-state index in [0.717, 1.165) is 0 Å². The van der Waals surface area contributed by atoms with Crippen molar-refractivity contribution < 1.29 is 10.9 Å². The van der Waals surface area contributed by atoms with Gasteiger partial charge < -0.3 is 0 Å². The third-order valence-electron chi connectivity index (χ3n) is 2.52. The fraction of sp³-hybridized carbons (Fsp3) is 0.0714. The van der Waals surface area contributed by atoms with Gasteiger partial charge in [0.2, 0.25) is 0 Å². The van der Waals surface area contributed by atoms with Crippen molar-refractivity contribution in [3.8, 4) is 4.08 Å². The Labute approximate surface area is 126 Å². The first kappa shape index (κ1) is 15.0. The summed E-state index contributed by atoms with van der Waals surface area (Å²) in [6.45, 7) is 1.70. The first-order valence-electron chi connectivity index (χ1n) is 5.70. The number of nitriles is 1. The van der Waals surface area contributed by atoms with Gasteiger partial charge in [0.05, 0.1) is 0 Å². The van der Waals surface area contributed by atoms with Gasteiger partial charge in [-0.2, -0.15) is 0 Å². The minimum atomic E-state index is -3.90. The van der Waals surface area contributed by atoms with E-state index in [-0.39, 0.29) is 4.90 Å². The van der Waals surface area contributed by atoms with Gasteiger partial charge in [-0.25, -0.2) is 0 Å². The van der Waals surface area contributed by atoms with Gasteiger partial charge >= 0.3 is 126 Å². The first-order valence-corrected chi connectivity index (χ1v) is 10.1. The van der Waals surface area contributed by atoms with Gasteiger partial charge in [-0.3, -0.25) is 0 Å². The molecule has 0 aromatic heterocycles. The van der Waals surface area contributed by atoms with Crippen LogP contribution >= 0.6 is 20.2 Å². The molecule has 0 fully saturated rings. The monoisotopic (exact) mass is 401 g/mol. The van der Waals surface area contributed by atoms with Crippen molar-refractivity contribution in [1.29, 1.82) is 5.26 Å². The molecule has 2 rings (SSSR count). The number of rotatable bonds is 4. The quantitative estimate of drug-likeness (QED) is 0.736. The number of hydrogen-bond donors (Lipinski definition) is 0. The van der Waals surface area contributed by atoms with Crippen molar-refractivity contribution in [1.82, 2.24) is 0 Å². The second kappa shape index (κ2) is 6.35. The molecule has 0 bridgehead atoms. The molecule has 6 heteroatoms. The van der Waals surface area contributed by atoms with E-state index in [4.69, 9.17) is 2.51 Å². The van der Waals surface area contributed by atoms with E-state index in [9.17, 15) is 13.7 Å². The van der Waals surface area contributed by atoms with Crippen molar-refractivity contribution in [2.45, 2.75) is 11.8 Å². The van der Waals surface area contributed by atoms with Crippen LogP contribution in [0.2, 0.25) is 0 Å². The summed E-state index contributed by atoms with van der Waals surface area (Å²) >= 11 is -2.86. The Morgan fingerprint density at radius 2 is 1.65 bits per heavy atom.